The van der Waals surface area contributed by atoms with E-state index in [2.05, 4.69) is 6.92 Å². The zero-order chi connectivity index (χ0) is 20.9. The fourth-order valence-corrected chi connectivity index (χ4v) is 5.30. The highest BCUT2D eigenvalue weighted by atomic mass is 19.2. The number of halogens is 2. The van der Waals surface area contributed by atoms with Gasteiger partial charge in [-0.3, -0.25) is 0 Å². The Morgan fingerprint density at radius 3 is 2.31 bits per heavy atom. The molecule has 3 fully saturated rings. The summed E-state index contributed by atoms with van der Waals surface area (Å²) in [5.74, 6) is -2.88. The van der Waals surface area contributed by atoms with Gasteiger partial charge >= 0.3 is 5.97 Å². The van der Waals surface area contributed by atoms with Gasteiger partial charge in [0, 0.05) is 6.08 Å². The molecule has 0 unspecified atom stereocenters. The van der Waals surface area contributed by atoms with Crippen molar-refractivity contribution < 1.29 is 18.3 Å². The van der Waals surface area contributed by atoms with Crippen LogP contribution in [0.3, 0.4) is 0 Å². The van der Waals surface area contributed by atoms with E-state index < -0.39 is 17.6 Å². The summed E-state index contributed by atoms with van der Waals surface area (Å²) in [6, 6.07) is 3.07. The number of rotatable bonds is 9. The molecule has 4 rings (SSSR count). The molecule has 2 bridgehead atoms. The van der Waals surface area contributed by atoms with Gasteiger partial charge in [0.05, 0.1) is 0 Å². The first-order valence-corrected chi connectivity index (χ1v) is 11.3. The van der Waals surface area contributed by atoms with Crippen molar-refractivity contribution in [2.75, 3.05) is 0 Å². The number of carbonyl (C=O) groups excluding carboxylic acids is 1. The van der Waals surface area contributed by atoms with Gasteiger partial charge in [0.25, 0.3) is 0 Å². The number of benzene rings is 1. The lowest BCUT2D eigenvalue weighted by Crippen LogP contribution is -2.44. The Labute approximate surface area is 173 Å². The van der Waals surface area contributed by atoms with Gasteiger partial charge in [0.1, 0.15) is 0 Å². The molecular weight excluding hydrogens is 370 g/mol. The molecule has 0 atom stereocenters. The summed E-state index contributed by atoms with van der Waals surface area (Å²) < 4.78 is 34.7. The second-order valence-electron chi connectivity index (χ2n) is 9.09. The number of hydrogen-bond donors (Lipinski definition) is 0. The number of esters is 1. The van der Waals surface area contributed by atoms with Gasteiger partial charge in [-0.2, -0.15) is 4.39 Å². The van der Waals surface area contributed by atoms with E-state index in [1.54, 1.807) is 12.1 Å². The van der Waals surface area contributed by atoms with E-state index in [0.717, 1.165) is 51.4 Å². The Morgan fingerprint density at radius 1 is 1.00 bits per heavy atom. The molecule has 29 heavy (non-hydrogen) atoms. The van der Waals surface area contributed by atoms with Crippen molar-refractivity contribution in [3.8, 4) is 5.75 Å². The first-order chi connectivity index (χ1) is 14.0. The molecule has 0 amide bonds. The SMILES string of the molecule is CCC/C=C/C(=O)Oc1ccc(C23CCC(CCCCC)(CC2)CC3)c(F)c1F. The van der Waals surface area contributed by atoms with Crippen LogP contribution < -0.4 is 4.74 Å². The quantitative estimate of drug-likeness (QED) is 0.185. The van der Waals surface area contributed by atoms with Crippen LogP contribution in [0.5, 0.6) is 5.75 Å². The van der Waals surface area contributed by atoms with E-state index in [-0.39, 0.29) is 11.2 Å². The van der Waals surface area contributed by atoms with Crippen LogP contribution in [0.4, 0.5) is 8.78 Å². The smallest absolute Gasteiger partial charge is 0.335 e. The molecule has 0 heterocycles. The number of carbonyl (C=O) groups is 1. The number of unbranched alkanes of at least 4 members (excludes halogenated alkanes) is 3. The highest BCUT2D eigenvalue weighted by Crippen LogP contribution is 2.60. The minimum atomic E-state index is -1.04. The summed E-state index contributed by atoms with van der Waals surface area (Å²) in [7, 11) is 0. The van der Waals surface area contributed by atoms with Crippen LogP contribution in [0.25, 0.3) is 0 Å². The monoisotopic (exact) mass is 404 g/mol. The van der Waals surface area contributed by atoms with E-state index in [1.165, 1.54) is 37.8 Å². The molecule has 0 N–H and O–H groups in total. The standard InChI is InChI=1S/C25H34F2O2/c1-3-5-7-9-21(28)29-20-11-10-19(22(26)23(20)27)25-16-13-24(14-17-25,15-18-25)12-8-6-4-2/h7,9-11H,3-6,8,12-18H2,1-2H3/b9-7+. The molecule has 0 spiro atoms. The Morgan fingerprint density at radius 2 is 1.69 bits per heavy atom. The van der Waals surface area contributed by atoms with Crippen molar-refractivity contribution in [2.45, 2.75) is 96.3 Å². The lowest BCUT2D eigenvalue weighted by molar-refractivity contribution is -0.129. The second-order valence-corrected chi connectivity index (χ2v) is 9.09. The van der Waals surface area contributed by atoms with Crippen molar-refractivity contribution in [1.82, 2.24) is 0 Å². The van der Waals surface area contributed by atoms with Crippen LogP contribution in [0, 0.1) is 17.0 Å². The van der Waals surface area contributed by atoms with Gasteiger partial charge in [-0.15, -0.1) is 0 Å². The normalized spacial score (nSPS) is 26.2. The van der Waals surface area contributed by atoms with E-state index in [0.29, 0.717) is 11.0 Å². The summed E-state index contributed by atoms with van der Waals surface area (Å²) in [4.78, 5) is 11.8. The minimum Gasteiger partial charge on any atom is -0.420 e. The van der Waals surface area contributed by atoms with Crippen molar-refractivity contribution >= 4 is 5.97 Å². The van der Waals surface area contributed by atoms with Crippen molar-refractivity contribution in [3.05, 3.63) is 41.5 Å². The molecule has 0 radical (unpaired) electrons. The second kappa shape index (κ2) is 9.40. The largest absolute Gasteiger partial charge is 0.420 e. The van der Waals surface area contributed by atoms with Gasteiger partial charge in [0.15, 0.2) is 11.6 Å². The highest BCUT2D eigenvalue weighted by molar-refractivity contribution is 5.84. The summed E-state index contributed by atoms with van der Waals surface area (Å²) in [5, 5.41) is 0. The van der Waals surface area contributed by atoms with E-state index >= 15 is 4.39 Å². The van der Waals surface area contributed by atoms with Crippen LogP contribution in [0.2, 0.25) is 0 Å². The van der Waals surface area contributed by atoms with Gasteiger partial charge in [-0.25, -0.2) is 9.18 Å². The summed E-state index contributed by atoms with van der Waals surface area (Å²) in [6.45, 7) is 4.22. The Bertz CT molecular complexity index is 729. The Balaban J connectivity index is 1.71. The topological polar surface area (TPSA) is 26.3 Å². The van der Waals surface area contributed by atoms with Gasteiger partial charge < -0.3 is 4.74 Å². The van der Waals surface area contributed by atoms with Gasteiger partial charge in [0.2, 0.25) is 5.82 Å². The highest BCUT2D eigenvalue weighted by Gasteiger charge is 2.50. The predicted octanol–water partition coefficient (Wildman–Crippen LogP) is 7.40. The van der Waals surface area contributed by atoms with E-state index in [9.17, 15) is 9.18 Å². The maximum Gasteiger partial charge on any atom is 0.335 e. The summed E-state index contributed by atoms with van der Waals surface area (Å²) in [5.41, 5.74) is 0.630. The molecule has 0 aromatic heterocycles. The zero-order valence-corrected chi connectivity index (χ0v) is 17.9. The molecule has 3 saturated carbocycles. The average Bonchev–Trinajstić information content (AvgIpc) is 2.73. The summed E-state index contributed by atoms with van der Waals surface area (Å²) >= 11 is 0. The number of ether oxygens (including phenoxy) is 1. The third-order valence-corrected chi connectivity index (χ3v) is 7.25. The molecule has 1 aromatic carbocycles. The first kappa shape index (κ1) is 22.0. The maximum absolute atomic E-state index is 15.0. The fourth-order valence-electron chi connectivity index (χ4n) is 5.30. The zero-order valence-electron chi connectivity index (χ0n) is 17.9. The molecule has 0 saturated heterocycles. The number of fused-ring (bicyclic) bond motifs is 3. The molecule has 0 aliphatic heterocycles. The van der Waals surface area contributed by atoms with Crippen molar-refractivity contribution in [2.24, 2.45) is 5.41 Å². The van der Waals surface area contributed by atoms with E-state index in [1.807, 2.05) is 6.92 Å². The minimum absolute atomic E-state index is 0.263. The van der Waals surface area contributed by atoms with Crippen molar-refractivity contribution in [3.63, 3.8) is 0 Å². The lowest BCUT2D eigenvalue weighted by atomic mass is 9.51. The first-order valence-electron chi connectivity index (χ1n) is 11.3. The molecular formula is C25H34F2O2. The summed E-state index contributed by atoms with van der Waals surface area (Å²) in [6.07, 6.45) is 15.8. The number of hydrogen-bond acceptors (Lipinski definition) is 2. The molecule has 160 valence electrons. The third kappa shape index (κ3) is 4.73. The van der Waals surface area contributed by atoms with Crippen LogP contribution in [0.1, 0.15) is 96.5 Å². The molecule has 4 heteroatoms. The van der Waals surface area contributed by atoms with Crippen molar-refractivity contribution in [1.29, 1.82) is 0 Å². The Hall–Kier alpha value is -1.71. The lowest BCUT2D eigenvalue weighted by Gasteiger charge is -2.54. The molecule has 3 aliphatic rings. The van der Waals surface area contributed by atoms with Crippen LogP contribution in [-0.2, 0) is 10.2 Å². The predicted molar refractivity (Wildman–Crippen MR) is 112 cm³/mol. The third-order valence-electron chi connectivity index (χ3n) is 7.25. The molecule has 1 aromatic rings. The molecule has 2 nitrogen and oxygen atoms in total. The maximum atomic E-state index is 15.0. The number of allylic oxidation sites excluding steroid dienone is 1. The van der Waals surface area contributed by atoms with Crippen LogP contribution in [0.15, 0.2) is 24.3 Å². The van der Waals surface area contributed by atoms with Gasteiger partial charge in [-0.1, -0.05) is 51.7 Å². The van der Waals surface area contributed by atoms with Gasteiger partial charge in [-0.05, 0) is 73.8 Å². The average molecular weight is 405 g/mol. The fraction of sp³-hybridized carbons (Fsp3) is 0.640. The van der Waals surface area contributed by atoms with E-state index in [4.69, 9.17) is 4.74 Å². The Kier molecular flexibility index (Phi) is 7.13. The molecule has 3 aliphatic carbocycles. The van der Waals surface area contributed by atoms with Crippen LogP contribution >= 0.6 is 0 Å². The van der Waals surface area contributed by atoms with Crippen LogP contribution in [-0.4, -0.2) is 5.97 Å².